The zero-order valence-electron chi connectivity index (χ0n) is 19.7. The highest BCUT2D eigenvalue weighted by molar-refractivity contribution is 14.1. The molecule has 0 N–H and O–H groups in total. The van der Waals surface area contributed by atoms with Gasteiger partial charge >= 0.3 is 12.6 Å². The number of nitrogens with zero attached hydrogens (tertiary/aromatic N) is 3. The minimum atomic E-state index is -1.15. The van der Waals surface area contributed by atoms with Crippen LogP contribution in [0.5, 0.6) is 5.75 Å². The number of benzene rings is 1. The van der Waals surface area contributed by atoms with Crippen molar-refractivity contribution in [1.82, 2.24) is 4.48 Å². The van der Waals surface area contributed by atoms with Gasteiger partial charge in [-0.3, -0.25) is 10.1 Å². The molecule has 11 heteroatoms. The summed E-state index contributed by atoms with van der Waals surface area (Å²) in [6, 6.07) is 5.32. The molecular weight excluding hydrogens is 663 g/mol. The molecule has 0 aliphatic carbocycles. The van der Waals surface area contributed by atoms with Gasteiger partial charge in [-0.2, -0.15) is 0 Å². The van der Waals surface area contributed by atoms with Gasteiger partial charge in [0.05, 0.1) is 14.1 Å². The molecule has 0 amide bonds. The van der Waals surface area contributed by atoms with E-state index < -0.39 is 17.5 Å². The lowest BCUT2D eigenvalue weighted by Gasteiger charge is -2.40. The van der Waals surface area contributed by atoms with E-state index in [1.165, 1.54) is 42.8 Å². The number of hydrogen-bond acceptors (Lipinski definition) is 5. The highest BCUT2D eigenvalue weighted by Crippen LogP contribution is 2.44. The second kappa shape index (κ2) is 8.81. The first kappa shape index (κ1) is 25.0. The van der Waals surface area contributed by atoms with Gasteiger partial charge in [0.15, 0.2) is 5.70 Å². The molecular formula is C23H24BI2N3O5. The number of carbonyl (C=O) groups is 1. The fraction of sp³-hybridized carbons (Fsp3) is 0.304. The Morgan fingerprint density at radius 2 is 1.76 bits per heavy atom. The molecule has 0 radical (unpaired) electrons. The Bertz CT molecular complexity index is 1350. The van der Waals surface area contributed by atoms with Gasteiger partial charge in [0.25, 0.3) is 5.69 Å². The van der Waals surface area contributed by atoms with Crippen molar-refractivity contribution in [2.45, 2.75) is 41.3 Å². The summed E-state index contributed by atoms with van der Waals surface area (Å²) in [6.07, 6.45) is -2.01. The summed E-state index contributed by atoms with van der Waals surface area (Å²) in [7, 11) is 0. The molecule has 0 bridgehead atoms. The molecule has 0 saturated carbocycles. The summed E-state index contributed by atoms with van der Waals surface area (Å²) in [6.45, 7) is 13.0. The first-order valence-corrected chi connectivity index (χ1v) is 13.0. The Hall–Kier alpha value is -2.16. The lowest BCUT2D eigenvalue weighted by atomic mass is 9.48. The van der Waals surface area contributed by atoms with E-state index >= 15 is 0 Å². The molecule has 0 atom stereocenters. The Kier molecular flexibility index (Phi) is 6.47. The maximum Gasteiger partial charge on any atom is 0.514 e. The van der Waals surface area contributed by atoms with Crippen LogP contribution in [0.1, 0.15) is 30.8 Å². The van der Waals surface area contributed by atoms with Crippen molar-refractivity contribution >= 4 is 74.7 Å². The molecule has 0 saturated heterocycles. The molecule has 1 aromatic heterocycles. The summed E-state index contributed by atoms with van der Waals surface area (Å²) < 4.78 is 18.0. The normalized spacial score (nSPS) is 16.6. The van der Waals surface area contributed by atoms with E-state index in [4.69, 9.17) is 9.47 Å². The molecule has 2 aliphatic heterocycles. The standard InChI is InChI=1S/C23H24BI2N3O5/c1-12-19(25)14(3)27-21(12)18(22-13(2)20(26)15(4)28(22)24(27,5)6)11-33-23(30)34-17-9-7-16(8-10-17)29(31)32/h7-10H,11H2,1-6H3. The van der Waals surface area contributed by atoms with Crippen molar-refractivity contribution in [3.05, 3.63) is 69.8 Å². The molecule has 0 fully saturated rings. The van der Waals surface area contributed by atoms with Gasteiger partial charge in [-0.25, -0.2) is 4.79 Å². The van der Waals surface area contributed by atoms with Gasteiger partial charge in [0, 0.05) is 33.9 Å². The highest BCUT2D eigenvalue weighted by Gasteiger charge is 2.47. The average molecular weight is 687 g/mol. The Balaban J connectivity index is 1.72. The van der Waals surface area contributed by atoms with Crippen LogP contribution in [-0.4, -0.2) is 38.8 Å². The van der Waals surface area contributed by atoms with E-state index in [0.717, 1.165) is 28.1 Å². The number of aromatic nitrogens is 1. The number of fused-ring (bicyclic) bond motifs is 2. The van der Waals surface area contributed by atoms with E-state index in [2.05, 4.69) is 95.5 Å². The molecule has 1 aromatic carbocycles. The van der Waals surface area contributed by atoms with Crippen molar-refractivity contribution in [2.75, 3.05) is 6.61 Å². The maximum atomic E-state index is 12.5. The molecule has 0 spiro atoms. The molecule has 178 valence electrons. The van der Waals surface area contributed by atoms with Crippen molar-refractivity contribution in [3.63, 3.8) is 0 Å². The molecule has 3 heterocycles. The van der Waals surface area contributed by atoms with E-state index in [1.807, 2.05) is 0 Å². The van der Waals surface area contributed by atoms with Crippen LogP contribution in [0.15, 0.2) is 39.1 Å². The predicted molar refractivity (Wildman–Crippen MR) is 149 cm³/mol. The molecule has 8 nitrogen and oxygen atoms in total. The minimum Gasteiger partial charge on any atom is -0.458 e. The van der Waals surface area contributed by atoms with Crippen molar-refractivity contribution < 1.29 is 23.7 Å². The fourth-order valence-corrected chi connectivity index (χ4v) is 6.27. The number of rotatable bonds is 4. The summed E-state index contributed by atoms with van der Waals surface area (Å²) in [5, 5.41) is 10.8. The van der Waals surface area contributed by atoms with E-state index in [9.17, 15) is 14.9 Å². The van der Waals surface area contributed by atoms with Crippen molar-refractivity contribution in [1.29, 1.82) is 0 Å². The zero-order valence-corrected chi connectivity index (χ0v) is 24.0. The monoisotopic (exact) mass is 687 g/mol. The summed E-state index contributed by atoms with van der Waals surface area (Å²) in [5.74, 6) is 0.184. The third-order valence-electron chi connectivity index (χ3n) is 6.63. The first-order chi connectivity index (χ1) is 15.9. The third kappa shape index (κ3) is 3.80. The molecule has 2 aromatic rings. The van der Waals surface area contributed by atoms with Crippen LogP contribution in [0.3, 0.4) is 0 Å². The van der Waals surface area contributed by atoms with E-state index in [0.29, 0.717) is 0 Å². The summed E-state index contributed by atoms with van der Waals surface area (Å²) in [4.78, 5) is 22.9. The molecule has 2 aliphatic rings. The zero-order chi connectivity index (χ0) is 25.1. The average Bonchev–Trinajstić information content (AvgIpc) is 3.15. The smallest absolute Gasteiger partial charge is 0.458 e. The van der Waals surface area contributed by atoms with Crippen LogP contribution in [-0.2, 0) is 4.74 Å². The van der Waals surface area contributed by atoms with Crippen LogP contribution in [0.25, 0.3) is 5.57 Å². The lowest BCUT2D eigenvalue weighted by Crippen LogP contribution is -2.53. The number of carbonyl (C=O) groups excluding carboxylic acids is 1. The predicted octanol–water partition coefficient (Wildman–Crippen LogP) is 6.30. The quantitative estimate of drug-likeness (QED) is 0.0941. The second-order valence-corrected chi connectivity index (χ2v) is 11.2. The van der Waals surface area contributed by atoms with Gasteiger partial charge in [0.1, 0.15) is 18.1 Å². The maximum absolute atomic E-state index is 12.5. The summed E-state index contributed by atoms with van der Waals surface area (Å²) >= 11 is 4.77. The molecule has 0 unspecified atom stereocenters. The fourth-order valence-electron chi connectivity index (χ4n) is 5.24. The van der Waals surface area contributed by atoms with Crippen LogP contribution >= 0.6 is 45.2 Å². The van der Waals surface area contributed by atoms with Gasteiger partial charge < -0.3 is 18.4 Å². The van der Waals surface area contributed by atoms with Gasteiger partial charge in [-0.05, 0) is 89.3 Å². The number of halogens is 2. The Morgan fingerprint density at radius 1 is 1.15 bits per heavy atom. The number of ether oxygens (including phenoxy) is 2. The van der Waals surface area contributed by atoms with Crippen LogP contribution in [0, 0.1) is 27.5 Å². The first-order valence-electron chi connectivity index (χ1n) is 10.8. The van der Waals surface area contributed by atoms with Crippen molar-refractivity contribution in [2.24, 2.45) is 0 Å². The number of nitro benzene ring substituents is 1. The molecule has 4 rings (SSSR count). The van der Waals surface area contributed by atoms with Gasteiger partial charge in [-0.1, -0.05) is 0 Å². The van der Waals surface area contributed by atoms with E-state index in [1.54, 1.807) is 0 Å². The van der Waals surface area contributed by atoms with E-state index in [-0.39, 0.29) is 18.0 Å². The van der Waals surface area contributed by atoms with Gasteiger partial charge in [-0.15, -0.1) is 13.6 Å². The largest absolute Gasteiger partial charge is 0.514 e. The number of hydrogen-bond donors (Lipinski definition) is 0. The SMILES string of the molecule is CC1=C(I)C(C)=[N+]2C1=C(COC(=O)Oc1ccc([N+](=O)[O-])cc1)c1c(C)c(I)c(C)n1[B-]2(C)C. The number of non-ortho nitro benzene ring substituents is 1. The third-order valence-corrected chi connectivity index (χ3v) is 9.81. The Labute approximate surface area is 225 Å². The number of allylic oxidation sites excluding steroid dienone is 2. The second-order valence-electron chi connectivity index (χ2n) is 9.08. The van der Waals surface area contributed by atoms with Crippen molar-refractivity contribution in [3.8, 4) is 5.75 Å². The van der Waals surface area contributed by atoms with Crippen LogP contribution < -0.4 is 4.74 Å². The minimum absolute atomic E-state index is 0.0404. The topological polar surface area (TPSA) is 86.6 Å². The Morgan fingerprint density at radius 3 is 2.35 bits per heavy atom. The van der Waals surface area contributed by atoms with Gasteiger partial charge in [0.2, 0.25) is 0 Å². The molecule has 34 heavy (non-hydrogen) atoms. The lowest BCUT2D eigenvalue weighted by molar-refractivity contribution is -0.384. The number of nitro groups is 1. The van der Waals surface area contributed by atoms with Crippen LogP contribution in [0.4, 0.5) is 10.5 Å². The highest BCUT2D eigenvalue weighted by atomic mass is 127. The summed E-state index contributed by atoms with van der Waals surface area (Å²) in [5.41, 5.74) is 7.73. The van der Waals surface area contributed by atoms with Crippen LogP contribution in [0.2, 0.25) is 13.6 Å².